The van der Waals surface area contributed by atoms with E-state index in [9.17, 15) is 9.59 Å². The molecule has 2 aliphatic rings. The Kier molecular flexibility index (Phi) is 9.94. The molecule has 0 bridgehead atoms. The maximum atomic E-state index is 13.2. The molecule has 42 heavy (non-hydrogen) atoms. The van der Waals surface area contributed by atoms with Gasteiger partial charge in [0.1, 0.15) is 6.61 Å². The van der Waals surface area contributed by atoms with Crippen LogP contribution in [0.1, 0.15) is 69.0 Å². The van der Waals surface area contributed by atoms with Gasteiger partial charge >= 0.3 is 12.1 Å². The van der Waals surface area contributed by atoms with Crippen molar-refractivity contribution in [2.45, 2.75) is 82.9 Å². The molecule has 2 heterocycles. The Morgan fingerprint density at radius 1 is 1.10 bits per heavy atom. The van der Waals surface area contributed by atoms with E-state index in [4.69, 9.17) is 26.4 Å². The molecular formula is C31H39ClN6O4. The Morgan fingerprint density at radius 3 is 2.57 bits per heavy atom. The molecule has 2 aromatic heterocycles. The van der Waals surface area contributed by atoms with Crippen LogP contribution in [0.3, 0.4) is 0 Å². The Balaban J connectivity index is 1.20. The molecule has 2 aliphatic carbocycles. The summed E-state index contributed by atoms with van der Waals surface area (Å²) < 4.78 is 7.58. The Hall–Kier alpha value is -3.66. The minimum absolute atomic E-state index is 0.0261. The van der Waals surface area contributed by atoms with Crippen LogP contribution < -0.4 is 5.32 Å². The van der Waals surface area contributed by atoms with Crippen LogP contribution in [0, 0.1) is 5.92 Å². The Morgan fingerprint density at radius 2 is 1.86 bits per heavy atom. The van der Waals surface area contributed by atoms with E-state index < -0.39 is 5.97 Å². The van der Waals surface area contributed by atoms with Crippen molar-refractivity contribution in [1.82, 2.24) is 24.6 Å². The van der Waals surface area contributed by atoms with Gasteiger partial charge < -0.3 is 20.1 Å². The SMILES string of the molecule is Cn1ncc(-c2nc(NC3CCC(N(CCCCC(=O)O)C(=O)OCc4ccccc4)CC3)ncc2Cl)c1CC1CC1. The fourth-order valence-electron chi connectivity index (χ4n) is 5.62. The van der Waals surface area contributed by atoms with Crippen molar-refractivity contribution >= 4 is 29.6 Å². The third-order valence-corrected chi connectivity index (χ3v) is 8.47. The van der Waals surface area contributed by atoms with Gasteiger partial charge in [0.2, 0.25) is 5.95 Å². The number of rotatable bonds is 13. The number of anilines is 1. The predicted octanol–water partition coefficient (Wildman–Crippen LogP) is 6.10. The van der Waals surface area contributed by atoms with Crippen LogP contribution in [0.5, 0.6) is 0 Å². The number of hydrogen-bond acceptors (Lipinski definition) is 7. The lowest BCUT2D eigenvalue weighted by atomic mass is 9.90. The van der Waals surface area contributed by atoms with Crippen molar-refractivity contribution in [3.05, 3.63) is 59.0 Å². The van der Waals surface area contributed by atoms with Gasteiger partial charge in [-0.15, -0.1) is 0 Å². The number of aryl methyl sites for hydroxylation is 1. The number of aromatic nitrogens is 4. The summed E-state index contributed by atoms with van der Waals surface area (Å²) >= 11 is 6.55. The second-order valence-electron chi connectivity index (χ2n) is 11.4. The quantitative estimate of drug-likeness (QED) is 0.228. The van der Waals surface area contributed by atoms with Crippen molar-refractivity contribution in [2.24, 2.45) is 13.0 Å². The lowest BCUT2D eigenvalue weighted by Gasteiger charge is -2.36. The van der Waals surface area contributed by atoms with Gasteiger partial charge in [-0.05, 0) is 69.3 Å². The molecule has 2 saturated carbocycles. The van der Waals surface area contributed by atoms with E-state index >= 15 is 0 Å². The van der Waals surface area contributed by atoms with Crippen LogP contribution >= 0.6 is 11.6 Å². The third-order valence-electron chi connectivity index (χ3n) is 8.19. The molecule has 1 amide bonds. The molecule has 224 valence electrons. The highest BCUT2D eigenvalue weighted by atomic mass is 35.5. The van der Waals surface area contributed by atoms with Crippen molar-refractivity contribution in [2.75, 3.05) is 11.9 Å². The van der Waals surface area contributed by atoms with Gasteiger partial charge in [-0.1, -0.05) is 41.9 Å². The first-order valence-corrected chi connectivity index (χ1v) is 15.2. The van der Waals surface area contributed by atoms with Crippen molar-refractivity contribution in [1.29, 1.82) is 0 Å². The zero-order valence-corrected chi connectivity index (χ0v) is 24.8. The number of halogens is 1. The van der Waals surface area contributed by atoms with Crippen molar-refractivity contribution in [3.63, 3.8) is 0 Å². The maximum absolute atomic E-state index is 13.2. The molecule has 10 nitrogen and oxygen atoms in total. The van der Waals surface area contributed by atoms with E-state index in [2.05, 4.69) is 15.4 Å². The number of aliphatic carboxylic acids is 1. The molecule has 3 aromatic rings. The smallest absolute Gasteiger partial charge is 0.410 e. The van der Waals surface area contributed by atoms with Crippen molar-refractivity contribution < 1.29 is 19.4 Å². The monoisotopic (exact) mass is 594 g/mol. The molecule has 2 N–H and O–H groups in total. The fraction of sp³-hybridized carbons (Fsp3) is 0.516. The van der Waals surface area contributed by atoms with Crippen LogP contribution in [0.15, 0.2) is 42.7 Å². The Bertz CT molecular complexity index is 1350. The van der Waals surface area contributed by atoms with E-state index in [0.29, 0.717) is 42.0 Å². The molecule has 0 spiro atoms. The zero-order chi connectivity index (χ0) is 29.5. The predicted molar refractivity (Wildman–Crippen MR) is 160 cm³/mol. The number of unbranched alkanes of at least 4 members (excludes halogenated alkanes) is 1. The van der Waals surface area contributed by atoms with Crippen LogP contribution in [0.25, 0.3) is 11.3 Å². The number of carbonyl (C=O) groups excluding carboxylic acids is 1. The summed E-state index contributed by atoms with van der Waals surface area (Å²) in [6, 6.07) is 9.79. The second kappa shape index (κ2) is 14.0. The highest BCUT2D eigenvalue weighted by Gasteiger charge is 2.30. The number of nitrogens with one attached hydrogen (secondary N) is 1. The van der Waals surface area contributed by atoms with Gasteiger partial charge in [-0.25, -0.2) is 14.8 Å². The molecule has 11 heteroatoms. The molecular weight excluding hydrogens is 556 g/mol. The van der Waals surface area contributed by atoms with Gasteiger partial charge in [-0.2, -0.15) is 5.10 Å². The first-order chi connectivity index (χ1) is 20.4. The summed E-state index contributed by atoms with van der Waals surface area (Å²) in [5.74, 6) is 0.418. The van der Waals surface area contributed by atoms with Crippen LogP contribution in [-0.4, -0.2) is 60.4 Å². The minimum Gasteiger partial charge on any atom is -0.481 e. The summed E-state index contributed by atoms with van der Waals surface area (Å²) in [5.41, 5.74) is 3.72. The van der Waals surface area contributed by atoms with Crippen LogP contribution in [-0.2, 0) is 29.6 Å². The van der Waals surface area contributed by atoms with E-state index in [1.165, 1.54) is 12.8 Å². The maximum Gasteiger partial charge on any atom is 0.410 e. The molecule has 0 unspecified atom stereocenters. The number of carbonyl (C=O) groups is 2. The fourth-order valence-corrected chi connectivity index (χ4v) is 5.81. The molecule has 0 aliphatic heterocycles. The summed E-state index contributed by atoms with van der Waals surface area (Å²) in [5, 5.41) is 17.5. The topological polar surface area (TPSA) is 122 Å². The van der Waals surface area contributed by atoms with Gasteiger partial charge in [-0.3, -0.25) is 9.48 Å². The number of carboxylic acid groups (broad SMARTS) is 1. The largest absolute Gasteiger partial charge is 0.481 e. The normalized spacial score (nSPS) is 18.4. The van der Waals surface area contributed by atoms with Crippen molar-refractivity contribution in [3.8, 4) is 11.3 Å². The minimum atomic E-state index is -0.824. The van der Waals surface area contributed by atoms with Crippen LogP contribution in [0.2, 0.25) is 5.02 Å². The first-order valence-electron chi connectivity index (χ1n) is 14.9. The van der Waals surface area contributed by atoms with E-state index in [1.807, 2.05) is 48.3 Å². The summed E-state index contributed by atoms with van der Waals surface area (Å²) in [6.07, 6.45) is 11.1. The molecule has 5 rings (SSSR count). The standard InChI is InChI=1S/C31H39ClN6O4/c1-37-27(17-21-10-11-21)25(18-34-37)29-26(32)19-33-30(36-29)35-23-12-14-24(15-13-23)38(16-6-5-9-28(39)40)31(41)42-20-22-7-3-2-4-8-22/h2-4,7-8,18-19,21,23-24H,5-6,9-17,20H2,1H3,(H,39,40)(H,33,35,36). The first kappa shape index (κ1) is 29.8. The van der Waals surface area contributed by atoms with E-state index in [1.54, 1.807) is 11.1 Å². The number of amides is 1. The summed E-state index contributed by atoms with van der Waals surface area (Å²) in [4.78, 5) is 35.2. The van der Waals surface area contributed by atoms with Gasteiger partial charge in [0, 0.05) is 43.4 Å². The molecule has 0 radical (unpaired) electrons. The zero-order valence-electron chi connectivity index (χ0n) is 24.0. The van der Waals surface area contributed by atoms with E-state index in [0.717, 1.165) is 48.9 Å². The molecule has 0 saturated heterocycles. The average molecular weight is 595 g/mol. The molecule has 1 aromatic carbocycles. The highest BCUT2D eigenvalue weighted by molar-refractivity contribution is 6.33. The second-order valence-corrected chi connectivity index (χ2v) is 11.8. The number of ether oxygens (including phenoxy) is 1. The summed E-state index contributed by atoms with van der Waals surface area (Å²) in [6.45, 7) is 0.680. The number of carboxylic acids is 1. The lowest BCUT2D eigenvalue weighted by molar-refractivity contribution is -0.137. The highest BCUT2D eigenvalue weighted by Crippen LogP contribution is 2.37. The molecule has 0 atom stereocenters. The van der Waals surface area contributed by atoms with E-state index in [-0.39, 0.29) is 31.2 Å². The third kappa shape index (κ3) is 8.00. The summed E-state index contributed by atoms with van der Waals surface area (Å²) in [7, 11) is 1.96. The number of benzene rings is 1. The average Bonchev–Trinajstić information content (AvgIpc) is 3.75. The molecule has 2 fully saturated rings. The number of hydrogen-bond donors (Lipinski definition) is 2. The van der Waals surface area contributed by atoms with Gasteiger partial charge in [0.25, 0.3) is 0 Å². The lowest BCUT2D eigenvalue weighted by Crippen LogP contribution is -2.44. The van der Waals surface area contributed by atoms with Gasteiger partial charge in [0.15, 0.2) is 0 Å². The van der Waals surface area contributed by atoms with Gasteiger partial charge in [0.05, 0.1) is 23.1 Å². The Labute approximate surface area is 251 Å². The number of nitrogens with zero attached hydrogens (tertiary/aromatic N) is 5. The van der Waals surface area contributed by atoms with Crippen LogP contribution in [0.4, 0.5) is 10.7 Å².